The van der Waals surface area contributed by atoms with E-state index in [-0.39, 0.29) is 11.9 Å². The van der Waals surface area contributed by atoms with Crippen LogP contribution in [0.1, 0.15) is 33.3 Å². The molecule has 6 nitrogen and oxygen atoms in total. The van der Waals surface area contributed by atoms with Crippen LogP contribution in [0.2, 0.25) is 0 Å². The van der Waals surface area contributed by atoms with E-state index in [9.17, 15) is 9.59 Å². The van der Waals surface area contributed by atoms with E-state index in [1.54, 1.807) is 35.9 Å². The molecule has 0 saturated carbocycles. The lowest BCUT2D eigenvalue weighted by Gasteiger charge is -2.08. The number of rotatable bonds is 5. The third kappa shape index (κ3) is 3.64. The fourth-order valence-corrected chi connectivity index (χ4v) is 2.56. The molecule has 3 aromatic rings. The number of ether oxygens (including phenoxy) is 1. The van der Waals surface area contributed by atoms with Crippen LogP contribution in [-0.4, -0.2) is 28.3 Å². The van der Waals surface area contributed by atoms with Crippen LogP contribution in [0.15, 0.2) is 60.8 Å². The SMILES string of the molecule is CCOC(=O)c1cnn(-c2ccc(NC(=O)c3ccccc3)cc2)c1C. The highest BCUT2D eigenvalue weighted by Crippen LogP contribution is 2.18. The standard InChI is InChI=1S/C20H19N3O3/c1-3-26-20(25)18-13-21-23(14(18)2)17-11-9-16(10-12-17)22-19(24)15-7-5-4-6-8-15/h4-13H,3H2,1-2H3,(H,22,24). The van der Waals surface area contributed by atoms with E-state index in [1.165, 1.54) is 6.20 Å². The number of amides is 1. The summed E-state index contributed by atoms with van der Waals surface area (Å²) >= 11 is 0. The maximum atomic E-state index is 12.2. The van der Waals surface area contributed by atoms with Gasteiger partial charge in [-0.2, -0.15) is 5.10 Å². The van der Waals surface area contributed by atoms with E-state index in [2.05, 4.69) is 10.4 Å². The number of hydrogen-bond donors (Lipinski definition) is 1. The summed E-state index contributed by atoms with van der Waals surface area (Å²) in [5.41, 5.74) is 3.20. The van der Waals surface area contributed by atoms with Crippen LogP contribution in [0.3, 0.4) is 0 Å². The van der Waals surface area contributed by atoms with Gasteiger partial charge in [0.05, 0.1) is 24.2 Å². The minimum Gasteiger partial charge on any atom is -0.462 e. The van der Waals surface area contributed by atoms with Crippen molar-refractivity contribution in [1.82, 2.24) is 9.78 Å². The van der Waals surface area contributed by atoms with E-state index < -0.39 is 0 Å². The zero-order chi connectivity index (χ0) is 18.5. The van der Waals surface area contributed by atoms with Gasteiger partial charge in [-0.3, -0.25) is 4.79 Å². The lowest BCUT2D eigenvalue weighted by molar-refractivity contribution is 0.0525. The average Bonchev–Trinajstić information content (AvgIpc) is 3.05. The number of hydrogen-bond acceptors (Lipinski definition) is 4. The molecule has 0 unspecified atom stereocenters. The number of aromatic nitrogens is 2. The Morgan fingerprint density at radius 2 is 1.77 bits per heavy atom. The summed E-state index contributed by atoms with van der Waals surface area (Å²) in [6, 6.07) is 16.3. The highest BCUT2D eigenvalue weighted by Gasteiger charge is 2.16. The Bertz CT molecular complexity index is 915. The average molecular weight is 349 g/mol. The number of benzene rings is 2. The van der Waals surface area contributed by atoms with E-state index >= 15 is 0 Å². The van der Waals surface area contributed by atoms with Crippen molar-refractivity contribution in [3.8, 4) is 5.69 Å². The molecule has 3 rings (SSSR count). The predicted octanol–water partition coefficient (Wildman–Crippen LogP) is 3.61. The van der Waals surface area contributed by atoms with Gasteiger partial charge in [-0.1, -0.05) is 18.2 Å². The number of nitrogens with one attached hydrogen (secondary N) is 1. The molecule has 0 atom stereocenters. The molecule has 0 aliphatic rings. The van der Waals surface area contributed by atoms with Gasteiger partial charge in [-0.15, -0.1) is 0 Å². The number of esters is 1. The topological polar surface area (TPSA) is 73.2 Å². The quantitative estimate of drug-likeness (QED) is 0.714. The minimum absolute atomic E-state index is 0.168. The van der Waals surface area contributed by atoms with Gasteiger partial charge in [-0.05, 0) is 50.2 Å². The van der Waals surface area contributed by atoms with E-state index in [1.807, 2.05) is 37.3 Å². The van der Waals surface area contributed by atoms with Crippen molar-refractivity contribution < 1.29 is 14.3 Å². The zero-order valence-corrected chi connectivity index (χ0v) is 14.6. The van der Waals surface area contributed by atoms with Gasteiger partial charge >= 0.3 is 5.97 Å². The molecular formula is C20H19N3O3. The molecule has 1 aromatic heterocycles. The summed E-state index contributed by atoms with van der Waals surface area (Å²) in [7, 11) is 0. The lowest BCUT2D eigenvalue weighted by Crippen LogP contribution is -2.11. The third-order valence-corrected chi connectivity index (χ3v) is 3.91. The summed E-state index contributed by atoms with van der Waals surface area (Å²) in [5.74, 6) is -0.554. The van der Waals surface area contributed by atoms with Crippen molar-refractivity contribution in [2.75, 3.05) is 11.9 Å². The first-order valence-corrected chi connectivity index (χ1v) is 8.28. The van der Waals surface area contributed by atoms with Gasteiger partial charge in [0.25, 0.3) is 5.91 Å². The second-order valence-electron chi connectivity index (χ2n) is 5.64. The van der Waals surface area contributed by atoms with Crippen molar-refractivity contribution >= 4 is 17.6 Å². The maximum Gasteiger partial charge on any atom is 0.341 e. The molecule has 1 amide bonds. The number of carbonyl (C=O) groups is 2. The molecule has 0 saturated heterocycles. The fourth-order valence-electron chi connectivity index (χ4n) is 2.56. The zero-order valence-electron chi connectivity index (χ0n) is 14.6. The fraction of sp³-hybridized carbons (Fsp3) is 0.150. The number of anilines is 1. The van der Waals surface area contributed by atoms with Crippen LogP contribution in [0.25, 0.3) is 5.69 Å². The summed E-state index contributed by atoms with van der Waals surface area (Å²) < 4.78 is 6.68. The van der Waals surface area contributed by atoms with Crippen LogP contribution in [0.4, 0.5) is 5.69 Å². The largest absolute Gasteiger partial charge is 0.462 e. The monoisotopic (exact) mass is 349 g/mol. The van der Waals surface area contributed by atoms with Crippen molar-refractivity contribution in [1.29, 1.82) is 0 Å². The van der Waals surface area contributed by atoms with Crippen molar-refractivity contribution in [2.45, 2.75) is 13.8 Å². The Morgan fingerprint density at radius 3 is 2.42 bits per heavy atom. The molecule has 132 valence electrons. The van der Waals surface area contributed by atoms with Crippen molar-refractivity contribution in [2.24, 2.45) is 0 Å². The van der Waals surface area contributed by atoms with Crippen molar-refractivity contribution in [3.63, 3.8) is 0 Å². The molecule has 26 heavy (non-hydrogen) atoms. The Kier molecular flexibility index (Phi) is 5.12. The van der Waals surface area contributed by atoms with Crippen LogP contribution >= 0.6 is 0 Å². The maximum absolute atomic E-state index is 12.2. The van der Waals surface area contributed by atoms with Crippen LogP contribution in [-0.2, 0) is 4.74 Å². The normalized spacial score (nSPS) is 10.4. The van der Waals surface area contributed by atoms with E-state index in [0.29, 0.717) is 29.1 Å². The predicted molar refractivity (Wildman–Crippen MR) is 98.7 cm³/mol. The molecule has 6 heteroatoms. The molecule has 0 aliphatic heterocycles. The first-order valence-electron chi connectivity index (χ1n) is 8.28. The molecule has 1 N–H and O–H groups in total. The van der Waals surface area contributed by atoms with Gasteiger partial charge < -0.3 is 10.1 Å². The molecule has 0 bridgehead atoms. The Balaban J connectivity index is 1.76. The van der Waals surface area contributed by atoms with Crippen LogP contribution < -0.4 is 5.32 Å². The minimum atomic E-state index is -0.386. The Hall–Kier alpha value is -3.41. The van der Waals surface area contributed by atoms with Crippen LogP contribution in [0, 0.1) is 6.92 Å². The number of carbonyl (C=O) groups excluding carboxylic acids is 2. The van der Waals surface area contributed by atoms with Gasteiger partial charge in [0.2, 0.25) is 0 Å². The molecule has 0 radical (unpaired) electrons. The highest BCUT2D eigenvalue weighted by molar-refractivity contribution is 6.04. The molecule has 1 heterocycles. The second kappa shape index (κ2) is 7.65. The summed E-state index contributed by atoms with van der Waals surface area (Å²) in [6.07, 6.45) is 1.50. The third-order valence-electron chi connectivity index (χ3n) is 3.91. The smallest absolute Gasteiger partial charge is 0.341 e. The van der Waals surface area contributed by atoms with Crippen LogP contribution in [0.5, 0.6) is 0 Å². The first-order chi connectivity index (χ1) is 12.6. The van der Waals surface area contributed by atoms with Gasteiger partial charge in [0.15, 0.2) is 0 Å². The molecule has 0 spiro atoms. The molecule has 0 fully saturated rings. The Morgan fingerprint density at radius 1 is 1.08 bits per heavy atom. The summed E-state index contributed by atoms with van der Waals surface area (Å²) in [6.45, 7) is 3.89. The van der Waals surface area contributed by atoms with Crippen molar-refractivity contribution in [3.05, 3.63) is 77.6 Å². The van der Waals surface area contributed by atoms with Gasteiger partial charge in [-0.25, -0.2) is 9.48 Å². The number of nitrogens with zero attached hydrogens (tertiary/aromatic N) is 2. The summed E-state index contributed by atoms with van der Waals surface area (Å²) in [5, 5.41) is 7.10. The molecular weight excluding hydrogens is 330 g/mol. The molecule has 2 aromatic carbocycles. The lowest BCUT2D eigenvalue weighted by atomic mass is 10.2. The van der Waals surface area contributed by atoms with Gasteiger partial charge in [0, 0.05) is 11.3 Å². The highest BCUT2D eigenvalue weighted by atomic mass is 16.5. The summed E-state index contributed by atoms with van der Waals surface area (Å²) in [4.78, 5) is 24.1. The Labute approximate surface area is 151 Å². The van der Waals surface area contributed by atoms with E-state index in [4.69, 9.17) is 4.74 Å². The van der Waals surface area contributed by atoms with Gasteiger partial charge in [0.1, 0.15) is 5.56 Å². The second-order valence-corrected chi connectivity index (χ2v) is 5.64. The molecule has 0 aliphatic carbocycles. The van der Waals surface area contributed by atoms with E-state index in [0.717, 1.165) is 5.69 Å². The first kappa shape index (κ1) is 17.4.